The van der Waals surface area contributed by atoms with Gasteiger partial charge in [-0.05, 0) is 60.9 Å². The second kappa shape index (κ2) is 13.5. The van der Waals surface area contributed by atoms with Gasteiger partial charge in [-0.15, -0.1) is 0 Å². The van der Waals surface area contributed by atoms with Crippen LogP contribution in [0.1, 0.15) is 31.4 Å². The molecule has 3 aromatic rings. The van der Waals surface area contributed by atoms with E-state index in [4.69, 9.17) is 39.5 Å². The highest BCUT2D eigenvalue weighted by atomic mass is 35.5. The lowest BCUT2D eigenvalue weighted by molar-refractivity contribution is -0.143. The SMILES string of the molecule is CC[C@H](C)NC(=O)[C@@H](Cc1ccccc1)N(Cc1ccc(Cl)c(Cl)c1)C(=O)COc1ccc(Cl)cc1. The van der Waals surface area contributed by atoms with Crippen LogP contribution in [0.3, 0.4) is 0 Å². The molecule has 0 bridgehead atoms. The average molecular weight is 548 g/mol. The van der Waals surface area contributed by atoms with Crippen molar-refractivity contribution < 1.29 is 14.3 Å². The van der Waals surface area contributed by atoms with Gasteiger partial charge in [0.15, 0.2) is 6.61 Å². The lowest BCUT2D eigenvalue weighted by Gasteiger charge is -2.32. The number of amides is 2. The Morgan fingerprint density at radius 1 is 0.917 bits per heavy atom. The molecule has 0 aliphatic rings. The molecule has 0 aromatic heterocycles. The number of ether oxygens (including phenoxy) is 1. The minimum atomic E-state index is -0.767. The lowest BCUT2D eigenvalue weighted by atomic mass is 10.0. The van der Waals surface area contributed by atoms with Gasteiger partial charge in [0, 0.05) is 24.0 Å². The van der Waals surface area contributed by atoms with E-state index in [0.29, 0.717) is 27.2 Å². The van der Waals surface area contributed by atoms with Gasteiger partial charge in [0.2, 0.25) is 5.91 Å². The summed E-state index contributed by atoms with van der Waals surface area (Å²) < 4.78 is 5.74. The van der Waals surface area contributed by atoms with E-state index in [-0.39, 0.29) is 31.0 Å². The number of rotatable bonds is 11. The smallest absolute Gasteiger partial charge is 0.261 e. The van der Waals surface area contributed by atoms with Gasteiger partial charge < -0.3 is 15.0 Å². The Morgan fingerprint density at radius 3 is 2.25 bits per heavy atom. The zero-order valence-electron chi connectivity index (χ0n) is 20.2. The molecule has 0 fully saturated rings. The van der Waals surface area contributed by atoms with E-state index >= 15 is 0 Å². The molecule has 0 heterocycles. The number of carbonyl (C=O) groups is 2. The first-order chi connectivity index (χ1) is 17.3. The standard InChI is InChI=1S/C28H29Cl3N2O3/c1-3-19(2)32-28(35)26(16-20-7-5-4-6-8-20)33(17-21-9-14-24(30)25(31)15-21)27(34)18-36-23-12-10-22(29)11-13-23/h4-15,19,26H,3,16-18H2,1-2H3,(H,32,35)/t19-,26+/m0/s1. The number of hydrogen-bond donors (Lipinski definition) is 1. The first kappa shape index (κ1) is 27.9. The molecular weight excluding hydrogens is 519 g/mol. The van der Waals surface area contributed by atoms with Crippen molar-refractivity contribution in [3.63, 3.8) is 0 Å². The van der Waals surface area contributed by atoms with Crippen molar-refractivity contribution in [3.8, 4) is 5.75 Å². The van der Waals surface area contributed by atoms with Crippen LogP contribution >= 0.6 is 34.8 Å². The fraction of sp³-hybridized carbons (Fsp3) is 0.286. The maximum atomic E-state index is 13.6. The minimum Gasteiger partial charge on any atom is -0.484 e. The highest BCUT2D eigenvalue weighted by Gasteiger charge is 2.31. The number of hydrogen-bond acceptors (Lipinski definition) is 3. The maximum Gasteiger partial charge on any atom is 0.261 e. The van der Waals surface area contributed by atoms with E-state index < -0.39 is 6.04 Å². The fourth-order valence-corrected chi connectivity index (χ4v) is 4.04. The van der Waals surface area contributed by atoms with Gasteiger partial charge in [-0.2, -0.15) is 0 Å². The summed E-state index contributed by atoms with van der Waals surface area (Å²) in [6.07, 6.45) is 1.11. The van der Waals surface area contributed by atoms with Crippen molar-refractivity contribution in [2.24, 2.45) is 0 Å². The van der Waals surface area contributed by atoms with Gasteiger partial charge in [-0.25, -0.2) is 0 Å². The molecule has 2 atom stereocenters. The third-order valence-corrected chi connectivity index (χ3v) is 6.78. The van der Waals surface area contributed by atoms with Crippen LogP contribution in [-0.2, 0) is 22.6 Å². The van der Waals surface area contributed by atoms with E-state index in [2.05, 4.69) is 5.32 Å². The molecule has 3 rings (SSSR count). The van der Waals surface area contributed by atoms with Gasteiger partial charge in [-0.3, -0.25) is 9.59 Å². The summed E-state index contributed by atoms with van der Waals surface area (Å²) in [7, 11) is 0. The number of nitrogens with one attached hydrogen (secondary N) is 1. The molecule has 2 amide bonds. The zero-order chi connectivity index (χ0) is 26.1. The molecule has 0 unspecified atom stereocenters. The van der Waals surface area contributed by atoms with Crippen LogP contribution < -0.4 is 10.1 Å². The predicted octanol–water partition coefficient (Wildman–Crippen LogP) is 6.58. The number of nitrogens with zero attached hydrogens (tertiary/aromatic N) is 1. The summed E-state index contributed by atoms with van der Waals surface area (Å²) >= 11 is 18.3. The van der Waals surface area contributed by atoms with Crippen LogP contribution in [0.15, 0.2) is 72.8 Å². The van der Waals surface area contributed by atoms with Gasteiger partial charge in [0.1, 0.15) is 11.8 Å². The molecule has 0 saturated carbocycles. The van der Waals surface area contributed by atoms with Crippen molar-refractivity contribution in [1.82, 2.24) is 10.2 Å². The number of benzene rings is 3. The van der Waals surface area contributed by atoms with E-state index in [1.54, 1.807) is 47.4 Å². The second-order valence-electron chi connectivity index (χ2n) is 8.54. The Balaban J connectivity index is 1.92. The molecule has 3 aromatic carbocycles. The molecular formula is C28H29Cl3N2O3. The van der Waals surface area contributed by atoms with Gasteiger partial charge in [0.25, 0.3) is 5.91 Å². The molecule has 0 aliphatic carbocycles. The molecule has 0 aliphatic heterocycles. The molecule has 5 nitrogen and oxygen atoms in total. The van der Waals surface area contributed by atoms with Crippen molar-refractivity contribution in [1.29, 1.82) is 0 Å². The quantitative estimate of drug-likeness (QED) is 0.295. The molecule has 1 N–H and O–H groups in total. The Morgan fingerprint density at radius 2 is 1.61 bits per heavy atom. The molecule has 36 heavy (non-hydrogen) atoms. The van der Waals surface area contributed by atoms with Crippen LogP contribution in [0, 0.1) is 0 Å². The zero-order valence-corrected chi connectivity index (χ0v) is 22.5. The summed E-state index contributed by atoms with van der Waals surface area (Å²) in [5, 5.41) is 4.40. The Bertz CT molecular complexity index is 1160. The first-order valence-corrected chi connectivity index (χ1v) is 12.9. The summed E-state index contributed by atoms with van der Waals surface area (Å²) in [6.45, 7) is 3.85. The topological polar surface area (TPSA) is 58.6 Å². The Kier molecular flexibility index (Phi) is 10.5. The molecule has 190 valence electrons. The largest absolute Gasteiger partial charge is 0.484 e. The summed E-state index contributed by atoms with van der Waals surface area (Å²) in [6, 6.07) is 20.7. The van der Waals surface area contributed by atoms with E-state index in [0.717, 1.165) is 17.5 Å². The maximum absolute atomic E-state index is 13.6. The monoisotopic (exact) mass is 546 g/mol. The van der Waals surface area contributed by atoms with Crippen LogP contribution in [-0.4, -0.2) is 35.4 Å². The average Bonchev–Trinajstić information content (AvgIpc) is 2.88. The summed E-state index contributed by atoms with van der Waals surface area (Å²) in [5.74, 6) is -0.0599. The third-order valence-electron chi connectivity index (χ3n) is 5.79. The lowest BCUT2D eigenvalue weighted by Crippen LogP contribution is -2.53. The molecule has 0 saturated heterocycles. The normalized spacial score (nSPS) is 12.5. The fourth-order valence-electron chi connectivity index (χ4n) is 3.59. The van der Waals surface area contributed by atoms with Crippen LogP contribution in [0.4, 0.5) is 0 Å². The predicted molar refractivity (Wildman–Crippen MR) is 146 cm³/mol. The highest BCUT2D eigenvalue weighted by molar-refractivity contribution is 6.42. The van der Waals surface area contributed by atoms with Crippen molar-refractivity contribution in [2.75, 3.05) is 6.61 Å². The van der Waals surface area contributed by atoms with Crippen molar-refractivity contribution in [2.45, 2.75) is 45.3 Å². The highest BCUT2D eigenvalue weighted by Crippen LogP contribution is 2.24. The van der Waals surface area contributed by atoms with E-state index in [9.17, 15) is 9.59 Å². The Labute approximate surface area is 227 Å². The van der Waals surface area contributed by atoms with Crippen LogP contribution in [0.5, 0.6) is 5.75 Å². The van der Waals surface area contributed by atoms with Gasteiger partial charge >= 0.3 is 0 Å². The van der Waals surface area contributed by atoms with Gasteiger partial charge in [0.05, 0.1) is 10.0 Å². The van der Waals surface area contributed by atoms with Crippen LogP contribution in [0.2, 0.25) is 15.1 Å². The van der Waals surface area contributed by atoms with Gasteiger partial charge in [-0.1, -0.05) is 78.1 Å². The molecule has 0 spiro atoms. The first-order valence-electron chi connectivity index (χ1n) is 11.7. The van der Waals surface area contributed by atoms with Crippen molar-refractivity contribution in [3.05, 3.63) is 99.0 Å². The van der Waals surface area contributed by atoms with E-state index in [1.165, 1.54) is 0 Å². The Hall–Kier alpha value is -2.73. The minimum absolute atomic E-state index is 0.0389. The molecule has 0 radical (unpaired) electrons. The van der Waals surface area contributed by atoms with Crippen LogP contribution in [0.25, 0.3) is 0 Å². The number of carbonyl (C=O) groups excluding carboxylic acids is 2. The van der Waals surface area contributed by atoms with Crippen molar-refractivity contribution >= 4 is 46.6 Å². The molecule has 8 heteroatoms. The number of halogens is 3. The third kappa shape index (κ3) is 8.16. The summed E-state index contributed by atoms with van der Waals surface area (Å²) in [4.78, 5) is 28.6. The second-order valence-corrected chi connectivity index (χ2v) is 9.79. The summed E-state index contributed by atoms with van der Waals surface area (Å²) in [5.41, 5.74) is 1.69. The van der Waals surface area contributed by atoms with E-state index in [1.807, 2.05) is 44.2 Å².